The lowest BCUT2D eigenvalue weighted by molar-refractivity contribution is -0.170. The number of benzene rings is 3. The minimum atomic E-state index is -1.67. The summed E-state index contributed by atoms with van der Waals surface area (Å²) in [6.45, 7) is 3.25. The second-order valence-electron chi connectivity index (χ2n) is 18.4. The zero-order chi connectivity index (χ0) is 43.1. The van der Waals surface area contributed by atoms with Gasteiger partial charge in [-0.25, -0.2) is 4.79 Å². The molecular formula is C50H57NO10. The molecule has 11 nitrogen and oxygen atoms in total. The Morgan fingerprint density at radius 2 is 1.74 bits per heavy atom. The van der Waals surface area contributed by atoms with Crippen LogP contribution in [-0.4, -0.2) is 73.7 Å². The van der Waals surface area contributed by atoms with Gasteiger partial charge >= 0.3 is 11.9 Å². The van der Waals surface area contributed by atoms with Crippen LogP contribution < -0.4 is 10.1 Å². The third-order valence-electron chi connectivity index (χ3n) is 14.1. The molecule has 8 atom stereocenters. The molecule has 2 aliphatic carbocycles. The molecule has 61 heavy (non-hydrogen) atoms. The van der Waals surface area contributed by atoms with E-state index < -0.39 is 59.0 Å². The number of Topliss-reactive ketones (excluding diaryl/α,β-unsaturated/α-hetero) is 1. The van der Waals surface area contributed by atoms with Gasteiger partial charge in [0.05, 0.1) is 31.2 Å². The smallest absolute Gasteiger partial charge is 0.334 e. The Balaban J connectivity index is 1.35. The van der Waals surface area contributed by atoms with Crippen LogP contribution in [-0.2, 0) is 44.0 Å². The molecule has 0 amide bonds. The highest BCUT2D eigenvalue weighted by Crippen LogP contribution is 2.46. The van der Waals surface area contributed by atoms with Gasteiger partial charge in [0.1, 0.15) is 29.0 Å². The Labute approximate surface area is 357 Å². The molecular weight excluding hydrogens is 775 g/mol. The van der Waals surface area contributed by atoms with Gasteiger partial charge in [-0.3, -0.25) is 9.59 Å². The minimum Gasteiger partial charge on any atom is -0.508 e. The molecule has 0 radical (unpaired) electrons. The number of carbonyl (C=O) groups excluding carboxylic acids is 3. The van der Waals surface area contributed by atoms with E-state index in [4.69, 9.17) is 9.47 Å². The Morgan fingerprint density at radius 1 is 0.951 bits per heavy atom. The number of ether oxygens (including phenoxy) is 2. The second-order valence-corrected chi connectivity index (χ2v) is 18.4. The van der Waals surface area contributed by atoms with Crippen LogP contribution in [0.3, 0.4) is 0 Å². The van der Waals surface area contributed by atoms with Crippen LogP contribution in [0.25, 0.3) is 0 Å². The molecule has 0 saturated heterocycles. The van der Waals surface area contributed by atoms with Crippen molar-refractivity contribution in [1.82, 2.24) is 0 Å². The molecule has 8 bridgehead atoms. The number of aliphatic hydroxyl groups excluding tert-OH is 3. The van der Waals surface area contributed by atoms with E-state index in [9.17, 15) is 35.1 Å². The number of aliphatic hydroxyl groups is 4. The van der Waals surface area contributed by atoms with Gasteiger partial charge in [-0.2, -0.15) is 0 Å². The summed E-state index contributed by atoms with van der Waals surface area (Å²) < 4.78 is 12.1. The first-order valence-electron chi connectivity index (χ1n) is 21.9. The van der Waals surface area contributed by atoms with E-state index in [0.29, 0.717) is 60.0 Å². The summed E-state index contributed by atoms with van der Waals surface area (Å²) in [5.41, 5.74) is 2.44. The Kier molecular flexibility index (Phi) is 12.2. The number of rotatable bonds is 5. The molecule has 2 fully saturated rings. The lowest BCUT2D eigenvalue weighted by atomic mass is 9.65. The average molecular weight is 832 g/mol. The van der Waals surface area contributed by atoms with Gasteiger partial charge in [-0.1, -0.05) is 61.4 Å². The quantitative estimate of drug-likeness (QED) is 0.0979. The number of esters is 2. The molecule has 5 aliphatic rings. The molecule has 3 heterocycles. The Bertz CT molecular complexity index is 2280. The molecule has 2 saturated carbocycles. The van der Waals surface area contributed by atoms with Gasteiger partial charge in [-0.15, -0.1) is 0 Å². The number of hydrogen-bond acceptors (Lipinski definition) is 11. The summed E-state index contributed by atoms with van der Waals surface area (Å²) in [5, 5.41) is 60.5. The summed E-state index contributed by atoms with van der Waals surface area (Å²) in [4.78, 5) is 41.7. The lowest BCUT2D eigenvalue weighted by Crippen LogP contribution is -2.52. The van der Waals surface area contributed by atoms with Gasteiger partial charge in [0.15, 0.2) is 0 Å². The molecule has 6 N–H and O–H groups in total. The van der Waals surface area contributed by atoms with E-state index in [1.54, 1.807) is 32.1 Å². The third-order valence-corrected chi connectivity index (χ3v) is 14.1. The van der Waals surface area contributed by atoms with Gasteiger partial charge in [0, 0.05) is 59.5 Å². The SMILES string of the molecule is CC(O)CNc1cc(CO)cc(C2C#CC3CC(=O)Oc4cc(O)c(cc43)CC3OC(=O)C(=CC(O)C4(CCCCC4)c4cccc(c4)CC4CC(CCC4=O)C3(C)O)C2)c1. The molecule has 0 aromatic heterocycles. The number of aromatic hydroxyl groups is 1. The maximum absolute atomic E-state index is 15.1. The maximum atomic E-state index is 15.1. The van der Waals surface area contributed by atoms with Crippen molar-refractivity contribution in [3.8, 4) is 23.3 Å². The highest BCUT2D eigenvalue weighted by molar-refractivity contribution is 5.89. The van der Waals surface area contributed by atoms with Crippen LogP contribution in [0.1, 0.15) is 123 Å². The number of phenols is 1. The monoisotopic (exact) mass is 831 g/mol. The standard InChI is InChI=1S/C50H57NO10/c1-29(53)27-51-40-18-31(28-52)16-34(21-40)32-9-10-33-25-47(57)60-44-26-43(55)36(22-41(33)44)24-46-49(2,59)38-11-12-42(54)35(20-38)15-30-7-6-8-39(17-30)50(13-4-3-5-14-50)45(56)23-37(19-32)48(58)61-46/h6-8,16-18,21-23,26,29,32-33,35,38,45-46,51-53,55-56,59H,3-5,11-15,19-20,24-25,27-28H2,1-2H3. The van der Waals surface area contributed by atoms with E-state index in [0.717, 1.165) is 30.4 Å². The third kappa shape index (κ3) is 8.87. The first-order valence-corrected chi connectivity index (χ1v) is 21.9. The van der Waals surface area contributed by atoms with E-state index in [-0.39, 0.29) is 67.6 Å². The zero-order valence-electron chi connectivity index (χ0n) is 35.0. The van der Waals surface area contributed by atoms with Gasteiger partial charge in [0.2, 0.25) is 0 Å². The molecule has 3 aliphatic heterocycles. The number of hydrogen-bond donors (Lipinski definition) is 6. The van der Waals surface area contributed by atoms with Crippen molar-refractivity contribution in [1.29, 1.82) is 0 Å². The van der Waals surface area contributed by atoms with Crippen LogP contribution >= 0.6 is 0 Å². The predicted molar refractivity (Wildman–Crippen MR) is 228 cm³/mol. The predicted octanol–water partition coefficient (Wildman–Crippen LogP) is 6.20. The van der Waals surface area contributed by atoms with Crippen molar-refractivity contribution in [2.24, 2.45) is 11.8 Å². The highest BCUT2D eigenvalue weighted by atomic mass is 16.6. The normalized spacial score (nSPS) is 29.1. The number of phenolic OH excluding ortho intramolecular Hbond substituents is 1. The van der Waals surface area contributed by atoms with Crippen molar-refractivity contribution in [3.63, 3.8) is 0 Å². The average Bonchev–Trinajstić information content (AvgIpc) is 3.24. The van der Waals surface area contributed by atoms with Crippen molar-refractivity contribution < 1.29 is 49.4 Å². The zero-order valence-corrected chi connectivity index (χ0v) is 35.0. The molecule has 3 aromatic rings. The van der Waals surface area contributed by atoms with Crippen LogP contribution in [0, 0.1) is 23.7 Å². The number of fused-ring (bicyclic) bond motifs is 9. The summed E-state index contributed by atoms with van der Waals surface area (Å²) in [6, 6.07) is 16.7. The summed E-state index contributed by atoms with van der Waals surface area (Å²) in [5.74, 6) is 3.33. The minimum absolute atomic E-state index is 0.0362. The van der Waals surface area contributed by atoms with Crippen molar-refractivity contribution in [2.45, 2.75) is 139 Å². The molecule has 8 unspecified atom stereocenters. The van der Waals surface area contributed by atoms with E-state index in [2.05, 4.69) is 23.2 Å². The van der Waals surface area contributed by atoms with Gasteiger partial charge in [0.25, 0.3) is 0 Å². The molecule has 3 aromatic carbocycles. The summed E-state index contributed by atoms with van der Waals surface area (Å²) >= 11 is 0. The maximum Gasteiger partial charge on any atom is 0.334 e. The molecule has 1 spiro atoms. The number of nitrogens with one attached hydrogen (secondary N) is 1. The van der Waals surface area contributed by atoms with Crippen molar-refractivity contribution in [3.05, 3.63) is 99.6 Å². The van der Waals surface area contributed by atoms with Crippen LogP contribution in [0.5, 0.6) is 11.5 Å². The lowest BCUT2D eigenvalue weighted by Gasteiger charge is -2.42. The largest absolute Gasteiger partial charge is 0.508 e. The highest BCUT2D eigenvalue weighted by Gasteiger charge is 2.47. The Morgan fingerprint density at radius 3 is 2.51 bits per heavy atom. The van der Waals surface area contributed by atoms with Crippen molar-refractivity contribution >= 4 is 23.4 Å². The van der Waals surface area contributed by atoms with E-state index >= 15 is 4.79 Å². The van der Waals surface area contributed by atoms with Crippen LogP contribution in [0.15, 0.2) is 66.2 Å². The fraction of sp³-hybridized carbons (Fsp3) is 0.500. The number of anilines is 1. The van der Waals surface area contributed by atoms with E-state index in [1.165, 1.54) is 6.07 Å². The van der Waals surface area contributed by atoms with E-state index in [1.807, 2.05) is 30.3 Å². The Hall–Kier alpha value is -4.99. The van der Waals surface area contributed by atoms with Crippen molar-refractivity contribution in [2.75, 3.05) is 11.9 Å². The molecule has 322 valence electrons. The van der Waals surface area contributed by atoms with Crippen LogP contribution in [0.4, 0.5) is 5.69 Å². The second kappa shape index (κ2) is 17.4. The summed E-state index contributed by atoms with van der Waals surface area (Å²) in [7, 11) is 0. The number of carbonyl (C=O) groups is 3. The van der Waals surface area contributed by atoms with Gasteiger partial charge in [-0.05, 0) is 110 Å². The summed E-state index contributed by atoms with van der Waals surface area (Å²) in [6.07, 6.45) is 4.01. The fourth-order valence-electron chi connectivity index (χ4n) is 10.5. The topological polar surface area (TPSA) is 183 Å². The number of ketones is 1. The van der Waals surface area contributed by atoms with Crippen LogP contribution in [0.2, 0.25) is 0 Å². The molecule has 11 heteroatoms. The fourth-order valence-corrected chi connectivity index (χ4v) is 10.5. The molecule has 8 rings (SSSR count). The first-order chi connectivity index (χ1) is 29.2. The first kappa shape index (κ1) is 42.7. The van der Waals surface area contributed by atoms with Gasteiger partial charge < -0.3 is 40.3 Å².